The fraction of sp³-hybridized carbons (Fsp3) is 0.250. The molecule has 0 aliphatic carbocycles. The molecule has 0 saturated carbocycles. The van der Waals surface area contributed by atoms with Crippen LogP contribution in [-0.4, -0.2) is 13.0 Å². The molecule has 1 aromatic carbocycles. The first-order valence-electron chi connectivity index (χ1n) is 3.98. The van der Waals surface area contributed by atoms with Crippen LogP contribution in [0.15, 0.2) is 17.0 Å². The van der Waals surface area contributed by atoms with Gasteiger partial charge in [-0.25, -0.2) is 0 Å². The molecule has 0 bridgehead atoms. The van der Waals surface area contributed by atoms with E-state index in [1.807, 2.05) is 0 Å². The number of alkyl halides is 3. The molecule has 0 fully saturated rings. The Morgan fingerprint density at radius 1 is 1.31 bits per heavy atom. The normalized spacial score (nSPS) is 12.8. The monoisotopic (exact) mass is 255 g/mol. The van der Waals surface area contributed by atoms with Crippen LogP contribution in [0.3, 0.4) is 0 Å². The zero-order chi connectivity index (χ0) is 12.7. The number of hydrogen-bond donors (Lipinski definition) is 2. The summed E-state index contributed by atoms with van der Waals surface area (Å²) in [5.74, 6) is 0. The lowest BCUT2D eigenvalue weighted by atomic mass is 10.1. The molecule has 1 rings (SSSR count). The molecule has 4 nitrogen and oxygen atoms in total. The Bertz CT molecular complexity index is 522. The van der Waals surface area contributed by atoms with Gasteiger partial charge in [0.1, 0.15) is 4.90 Å². The summed E-state index contributed by atoms with van der Waals surface area (Å²) in [5, 5.41) is 0. The summed E-state index contributed by atoms with van der Waals surface area (Å²) in [7, 11) is -4.93. The Labute approximate surface area is 89.6 Å². The molecule has 0 aliphatic rings. The number of nitrogens with two attached hydrogens (primary N) is 1. The molecule has 0 unspecified atom stereocenters. The van der Waals surface area contributed by atoms with Crippen LogP contribution in [0.4, 0.5) is 18.9 Å². The minimum absolute atomic E-state index is 0.139. The minimum Gasteiger partial charge on any atom is -0.399 e. The van der Waals surface area contributed by atoms with Gasteiger partial charge < -0.3 is 5.73 Å². The molecule has 0 aliphatic heterocycles. The summed E-state index contributed by atoms with van der Waals surface area (Å²) >= 11 is 0. The van der Waals surface area contributed by atoms with Crippen LogP contribution in [0, 0.1) is 6.92 Å². The van der Waals surface area contributed by atoms with E-state index in [4.69, 9.17) is 10.3 Å². The maximum Gasteiger partial charge on any atom is 0.417 e. The third-order valence-corrected chi connectivity index (χ3v) is 2.85. The lowest BCUT2D eigenvalue weighted by Crippen LogP contribution is -2.14. The molecule has 0 spiro atoms. The molecule has 1 aromatic rings. The highest BCUT2D eigenvalue weighted by Gasteiger charge is 2.37. The summed E-state index contributed by atoms with van der Waals surface area (Å²) in [6.07, 6.45) is -4.90. The number of benzene rings is 1. The second-order valence-electron chi connectivity index (χ2n) is 3.18. The first kappa shape index (κ1) is 12.8. The third kappa shape index (κ3) is 2.45. The van der Waals surface area contributed by atoms with Crippen molar-refractivity contribution in [3.63, 3.8) is 0 Å². The van der Waals surface area contributed by atoms with Gasteiger partial charge in [-0.3, -0.25) is 4.55 Å². The zero-order valence-corrected chi connectivity index (χ0v) is 8.85. The largest absolute Gasteiger partial charge is 0.417 e. The molecular formula is C8H8F3NO3S. The van der Waals surface area contributed by atoms with E-state index in [2.05, 4.69) is 0 Å². The van der Waals surface area contributed by atoms with E-state index in [-0.39, 0.29) is 11.3 Å². The highest BCUT2D eigenvalue weighted by molar-refractivity contribution is 7.85. The highest BCUT2D eigenvalue weighted by atomic mass is 32.2. The van der Waals surface area contributed by atoms with Crippen molar-refractivity contribution >= 4 is 15.8 Å². The smallest absolute Gasteiger partial charge is 0.399 e. The molecule has 0 atom stereocenters. The maximum atomic E-state index is 12.5. The lowest BCUT2D eigenvalue weighted by Gasteiger charge is -2.13. The van der Waals surface area contributed by atoms with E-state index in [0.29, 0.717) is 12.1 Å². The molecular weight excluding hydrogens is 247 g/mol. The van der Waals surface area contributed by atoms with E-state index in [0.717, 1.165) is 0 Å². The quantitative estimate of drug-likeness (QED) is 0.592. The van der Waals surface area contributed by atoms with Gasteiger partial charge in [0, 0.05) is 5.69 Å². The summed E-state index contributed by atoms with van der Waals surface area (Å²) in [4.78, 5) is -1.19. The first-order valence-corrected chi connectivity index (χ1v) is 5.42. The van der Waals surface area contributed by atoms with Crippen LogP contribution < -0.4 is 5.73 Å². The summed E-state index contributed by atoms with van der Waals surface area (Å²) in [6, 6.07) is 1.17. The molecule has 0 aromatic heterocycles. The van der Waals surface area contributed by atoms with Crippen LogP contribution in [0.25, 0.3) is 0 Å². The van der Waals surface area contributed by atoms with Crippen LogP contribution in [0.2, 0.25) is 0 Å². The van der Waals surface area contributed by atoms with Crippen LogP contribution in [0.5, 0.6) is 0 Å². The second kappa shape index (κ2) is 3.63. The summed E-state index contributed by atoms with van der Waals surface area (Å²) in [5.41, 5.74) is 3.72. The second-order valence-corrected chi connectivity index (χ2v) is 4.57. The van der Waals surface area contributed by atoms with E-state index in [9.17, 15) is 21.6 Å². The average Bonchev–Trinajstić information content (AvgIpc) is 2.05. The van der Waals surface area contributed by atoms with E-state index >= 15 is 0 Å². The van der Waals surface area contributed by atoms with Crippen molar-refractivity contribution in [2.45, 2.75) is 18.0 Å². The standard InChI is InChI=1S/C8H8F3NO3S/c1-4-2-7(16(13,14)15)5(3-6(4)12)8(9,10)11/h2-3H,12H2,1H3,(H,13,14,15). The Morgan fingerprint density at radius 2 is 1.81 bits per heavy atom. The average molecular weight is 255 g/mol. The van der Waals surface area contributed by atoms with Gasteiger partial charge in [-0.2, -0.15) is 21.6 Å². The Hall–Kier alpha value is -1.28. The number of anilines is 1. The molecule has 0 saturated heterocycles. The zero-order valence-electron chi connectivity index (χ0n) is 8.04. The van der Waals surface area contributed by atoms with Crippen molar-refractivity contribution in [2.75, 3.05) is 5.73 Å². The van der Waals surface area contributed by atoms with Crippen molar-refractivity contribution in [3.8, 4) is 0 Å². The van der Waals surface area contributed by atoms with Gasteiger partial charge in [-0.05, 0) is 24.6 Å². The molecule has 90 valence electrons. The Balaban J connectivity index is 3.66. The fourth-order valence-corrected chi connectivity index (χ4v) is 1.91. The Morgan fingerprint density at radius 3 is 2.19 bits per heavy atom. The molecule has 3 N–H and O–H groups in total. The summed E-state index contributed by atoms with van der Waals surface area (Å²) < 4.78 is 67.6. The third-order valence-electron chi connectivity index (χ3n) is 1.95. The van der Waals surface area contributed by atoms with Gasteiger partial charge in [0.2, 0.25) is 0 Å². The lowest BCUT2D eigenvalue weighted by molar-refractivity contribution is -0.139. The van der Waals surface area contributed by atoms with Crippen molar-refractivity contribution in [3.05, 3.63) is 23.3 Å². The summed E-state index contributed by atoms with van der Waals surface area (Å²) in [6.45, 7) is 1.34. The Kier molecular flexibility index (Phi) is 2.90. The van der Waals surface area contributed by atoms with Gasteiger partial charge in [0.15, 0.2) is 0 Å². The number of aryl methyl sites for hydroxylation is 1. The van der Waals surface area contributed by atoms with Crippen molar-refractivity contribution in [2.24, 2.45) is 0 Å². The van der Waals surface area contributed by atoms with Gasteiger partial charge in [0.25, 0.3) is 10.1 Å². The van der Waals surface area contributed by atoms with Gasteiger partial charge in [-0.1, -0.05) is 0 Å². The highest BCUT2D eigenvalue weighted by Crippen LogP contribution is 2.36. The minimum atomic E-state index is -4.93. The van der Waals surface area contributed by atoms with Crippen LogP contribution in [0.1, 0.15) is 11.1 Å². The number of hydrogen-bond acceptors (Lipinski definition) is 3. The van der Waals surface area contributed by atoms with Crippen LogP contribution in [-0.2, 0) is 16.3 Å². The number of rotatable bonds is 1. The number of halogens is 3. The van der Waals surface area contributed by atoms with E-state index in [1.165, 1.54) is 6.92 Å². The van der Waals surface area contributed by atoms with E-state index in [1.54, 1.807) is 0 Å². The molecule has 0 heterocycles. The maximum absolute atomic E-state index is 12.5. The molecule has 16 heavy (non-hydrogen) atoms. The van der Waals surface area contributed by atoms with Gasteiger partial charge in [-0.15, -0.1) is 0 Å². The predicted octanol–water partition coefficient (Wildman–Crippen LogP) is 1.84. The topological polar surface area (TPSA) is 80.4 Å². The van der Waals surface area contributed by atoms with Crippen molar-refractivity contribution in [1.29, 1.82) is 0 Å². The molecule has 0 amide bonds. The fourth-order valence-electron chi connectivity index (χ4n) is 1.13. The number of nitrogen functional groups attached to an aromatic ring is 1. The predicted molar refractivity (Wildman–Crippen MR) is 50.4 cm³/mol. The molecule has 0 radical (unpaired) electrons. The van der Waals surface area contributed by atoms with Gasteiger partial charge in [0.05, 0.1) is 5.56 Å². The van der Waals surface area contributed by atoms with Gasteiger partial charge >= 0.3 is 6.18 Å². The SMILES string of the molecule is Cc1cc(S(=O)(=O)O)c(C(F)(F)F)cc1N. The van der Waals surface area contributed by atoms with Crippen LogP contribution >= 0.6 is 0 Å². The molecule has 8 heteroatoms. The van der Waals surface area contributed by atoms with E-state index < -0.39 is 26.8 Å². The van der Waals surface area contributed by atoms with Crippen molar-refractivity contribution in [1.82, 2.24) is 0 Å². The first-order chi connectivity index (χ1) is 7.03. The van der Waals surface area contributed by atoms with Crippen molar-refractivity contribution < 1.29 is 26.1 Å².